The number of aliphatic hydroxyl groups is 1. The van der Waals surface area contributed by atoms with Crippen molar-refractivity contribution in [2.24, 2.45) is 0 Å². The van der Waals surface area contributed by atoms with Crippen molar-refractivity contribution in [1.82, 2.24) is 4.40 Å². The van der Waals surface area contributed by atoms with Gasteiger partial charge in [0.15, 0.2) is 5.78 Å². The molecular formula is C28H25FNNaO4. The van der Waals surface area contributed by atoms with E-state index in [1.165, 1.54) is 18.2 Å². The summed E-state index contributed by atoms with van der Waals surface area (Å²) in [6.45, 7) is 4.13. The van der Waals surface area contributed by atoms with Crippen LogP contribution in [-0.4, -0.2) is 27.4 Å². The summed E-state index contributed by atoms with van der Waals surface area (Å²) in [6, 6.07) is 16.3. The van der Waals surface area contributed by atoms with Gasteiger partial charge in [0.2, 0.25) is 0 Å². The van der Waals surface area contributed by atoms with Crippen molar-refractivity contribution in [2.45, 2.75) is 38.7 Å². The third-order valence-electron chi connectivity index (χ3n) is 5.86. The summed E-state index contributed by atoms with van der Waals surface area (Å²) in [5, 5.41) is 22.6. The van der Waals surface area contributed by atoms with Crippen LogP contribution in [0.5, 0.6) is 0 Å². The maximum Gasteiger partial charge on any atom is 1.00 e. The number of carbonyl (C=O) groups excluding carboxylic acids is 2. The average Bonchev–Trinajstić information content (AvgIpc) is 3.12. The third-order valence-corrected chi connectivity index (χ3v) is 5.86. The van der Waals surface area contributed by atoms with Gasteiger partial charge in [-0.3, -0.25) is 4.79 Å². The Morgan fingerprint density at radius 3 is 2.40 bits per heavy atom. The number of pyridine rings is 1. The third kappa shape index (κ3) is 5.73. The van der Waals surface area contributed by atoms with Gasteiger partial charge >= 0.3 is 29.6 Å². The minimum Gasteiger partial charge on any atom is -0.550 e. The van der Waals surface area contributed by atoms with Crippen molar-refractivity contribution in [3.05, 3.63) is 83.9 Å². The van der Waals surface area contributed by atoms with Gasteiger partial charge < -0.3 is 19.4 Å². The van der Waals surface area contributed by atoms with Crippen LogP contribution in [-0.2, 0) is 9.59 Å². The quantitative estimate of drug-likeness (QED) is 0.306. The summed E-state index contributed by atoms with van der Waals surface area (Å²) >= 11 is 0. The van der Waals surface area contributed by atoms with E-state index in [1.54, 1.807) is 18.2 Å². The van der Waals surface area contributed by atoms with Crippen LogP contribution in [0.25, 0.3) is 33.5 Å². The molecule has 2 heterocycles. The summed E-state index contributed by atoms with van der Waals surface area (Å²) < 4.78 is 15.8. The van der Waals surface area contributed by atoms with Crippen molar-refractivity contribution in [3.8, 4) is 11.1 Å². The molecule has 0 aliphatic rings. The maximum atomic E-state index is 13.7. The number of ketones is 1. The Hall–Kier alpha value is -2.77. The standard InChI is InChI=1S/C28H26FNO4.Na/c1-17(2)27-24(12-11-21(31)15-22(32)16-25(33)34)26(19-7-9-20(29)10-8-19)28-23-6-4-3-5-18(23)13-14-30(27)28;/h3-14,17,22,32H,15-16H2,1-2H3,(H,33,34);/q;+1/p-1/b12-11+;. The van der Waals surface area contributed by atoms with E-state index in [0.717, 1.165) is 38.7 Å². The molecule has 0 radical (unpaired) electrons. The number of hydrogen-bond acceptors (Lipinski definition) is 4. The van der Waals surface area contributed by atoms with E-state index in [0.29, 0.717) is 0 Å². The van der Waals surface area contributed by atoms with E-state index in [2.05, 4.69) is 18.2 Å². The predicted molar refractivity (Wildman–Crippen MR) is 129 cm³/mol. The van der Waals surface area contributed by atoms with Gasteiger partial charge in [0, 0.05) is 47.2 Å². The molecule has 7 heteroatoms. The molecule has 5 nitrogen and oxygen atoms in total. The van der Waals surface area contributed by atoms with Gasteiger partial charge in [0.25, 0.3) is 0 Å². The van der Waals surface area contributed by atoms with Crippen molar-refractivity contribution in [2.75, 3.05) is 0 Å². The number of allylic oxidation sites excluding steroid dienone is 1. The minimum absolute atomic E-state index is 0. The number of nitrogens with zero attached hydrogens (tertiary/aromatic N) is 1. The number of carbonyl (C=O) groups is 2. The zero-order chi connectivity index (χ0) is 24.4. The molecule has 2 aromatic carbocycles. The average molecular weight is 481 g/mol. The fourth-order valence-corrected chi connectivity index (χ4v) is 4.47. The van der Waals surface area contributed by atoms with Gasteiger partial charge in [-0.05, 0) is 47.2 Å². The number of rotatable bonds is 8. The van der Waals surface area contributed by atoms with Crippen molar-refractivity contribution in [1.29, 1.82) is 0 Å². The number of aliphatic carboxylic acids is 1. The van der Waals surface area contributed by atoms with Crippen molar-refractivity contribution < 1.29 is 53.7 Å². The molecule has 1 unspecified atom stereocenters. The Morgan fingerprint density at radius 1 is 1.06 bits per heavy atom. The van der Waals surface area contributed by atoms with E-state index in [9.17, 15) is 24.2 Å². The normalized spacial score (nSPS) is 12.4. The number of aliphatic hydroxyl groups excluding tert-OH is 1. The topological polar surface area (TPSA) is 81.8 Å². The van der Waals surface area contributed by atoms with Crippen LogP contribution in [0.3, 0.4) is 0 Å². The van der Waals surface area contributed by atoms with Crippen molar-refractivity contribution in [3.63, 3.8) is 0 Å². The van der Waals surface area contributed by atoms with Crippen LogP contribution in [0.15, 0.2) is 66.9 Å². The van der Waals surface area contributed by atoms with Crippen LogP contribution in [0.4, 0.5) is 4.39 Å². The SMILES string of the molecule is CC(C)c1c(/C=C/C(=O)CC(O)CC(=O)[O-])c(-c2ccc(F)cc2)c2c3ccccc3ccn12.[Na+]. The number of benzene rings is 2. The molecule has 0 spiro atoms. The molecule has 4 rings (SSSR count). The van der Waals surface area contributed by atoms with Crippen LogP contribution in [0.1, 0.15) is 43.9 Å². The first-order chi connectivity index (χ1) is 16.3. The number of fused-ring (bicyclic) bond motifs is 3. The van der Waals surface area contributed by atoms with Gasteiger partial charge in [0.1, 0.15) is 5.82 Å². The maximum absolute atomic E-state index is 13.7. The number of carboxylic acids is 1. The second kappa shape index (κ2) is 11.3. The van der Waals surface area contributed by atoms with E-state index < -0.39 is 24.3 Å². The van der Waals surface area contributed by atoms with Crippen LogP contribution in [0.2, 0.25) is 0 Å². The summed E-state index contributed by atoms with van der Waals surface area (Å²) in [6.07, 6.45) is 2.87. The smallest absolute Gasteiger partial charge is 0.550 e. The van der Waals surface area contributed by atoms with Gasteiger partial charge in [0.05, 0.1) is 11.6 Å². The fraction of sp³-hybridized carbons (Fsp3) is 0.214. The van der Waals surface area contributed by atoms with Crippen molar-refractivity contribution >= 4 is 34.1 Å². The molecule has 0 saturated carbocycles. The van der Waals surface area contributed by atoms with E-state index in [1.807, 2.05) is 36.5 Å². The molecule has 0 fully saturated rings. The largest absolute Gasteiger partial charge is 1.00 e. The van der Waals surface area contributed by atoms with Crippen LogP contribution >= 0.6 is 0 Å². The second-order valence-corrected chi connectivity index (χ2v) is 8.69. The van der Waals surface area contributed by atoms with Gasteiger partial charge in [-0.15, -0.1) is 0 Å². The van der Waals surface area contributed by atoms with Crippen LogP contribution in [0, 0.1) is 5.82 Å². The summed E-state index contributed by atoms with van der Waals surface area (Å²) in [4.78, 5) is 23.2. The molecule has 0 aliphatic carbocycles. The molecule has 0 bridgehead atoms. The molecular weight excluding hydrogens is 456 g/mol. The molecule has 2 aromatic heterocycles. The molecule has 0 saturated heterocycles. The number of carboxylic acid groups (broad SMARTS) is 1. The molecule has 1 atom stereocenters. The van der Waals surface area contributed by atoms with Gasteiger partial charge in [-0.1, -0.05) is 50.2 Å². The minimum atomic E-state index is -1.41. The van der Waals surface area contributed by atoms with E-state index in [-0.39, 0.29) is 47.7 Å². The number of halogens is 1. The zero-order valence-corrected chi connectivity index (χ0v) is 22.0. The molecule has 4 aromatic rings. The molecule has 0 aliphatic heterocycles. The Balaban J connectivity index is 0.00000342. The Kier molecular flexibility index (Phi) is 8.67. The monoisotopic (exact) mass is 481 g/mol. The molecule has 1 N–H and O–H groups in total. The number of aromatic nitrogens is 1. The number of hydrogen-bond donors (Lipinski definition) is 1. The first-order valence-electron chi connectivity index (χ1n) is 11.2. The Labute approximate surface area is 225 Å². The first-order valence-corrected chi connectivity index (χ1v) is 11.2. The second-order valence-electron chi connectivity index (χ2n) is 8.69. The van der Waals surface area contributed by atoms with E-state index in [4.69, 9.17) is 0 Å². The Morgan fingerprint density at radius 2 is 1.74 bits per heavy atom. The molecule has 35 heavy (non-hydrogen) atoms. The first kappa shape index (κ1) is 26.8. The molecule has 174 valence electrons. The summed E-state index contributed by atoms with van der Waals surface area (Å²) in [7, 11) is 0. The summed E-state index contributed by atoms with van der Waals surface area (Å²) in [5.74, 6) is -2.04. The van der Waals surface area contributed by atoms with Crippen LogP contribution < -0.4 is 34.7 Å². The fourth-order valence-electron chi connectivity index (χ4n) is 4.47. The van der Waals surface area contributed by atoms with E-state index >= 15 is 0 Å². The zero-order valence-electron chi connectivity index (χ0n) is 20.0. The predicted octanol–water partition coefficient (Wildman–Crippen LogP) is 1.50. The Bertz CT molecular complexity index is 1410. The van der Waals surface area contributed by atoms with Gasteiger partial charge in [-0.25, -0.2) is 4.39 Å². The molecule has 0 amide bonds. The summed E-state index contributed by atoms with van der Waals surface area (Å²) in [5.41, 5.74) is 4.45. The van der Waals surface area contributed by atoms with Gasteiger partial charge in [-0.2, -0.15) is 0 Å².